The van der Waals surface area contributed by atoms with E-state index in [4.69, 9.17) is 14.2 Å². The second-order valence-electron chi connectivity index (χ2n) is 13.7. The van der Waals surface area contributed by atoms with Crippen LogP contribution in [-0.4, -0.2) is 32.6 Å². The topological polar surface area (TPSA) is 44.8 Å². The molecule has 0 heterocycles. The Hall–Kier alpha value is -0.870. The Balaban J connectivity index is 3.26. The first-order valence-corrected chi connectivity index (χ1v) is 20.2. The lowest BCUT2D eigenvalue weighted by molar-refractivity contribution is -0.140. The normalized spacial score (nSPS) is 11.3. The minimum Gasteiger partial charge on any atom is -0.462 e. The van der Waals surface area contributed by atoms with Crippen LogP contribution in [0.2, 0.25) is 0 Å². The summed E-state index contributed by atoms with van der Waals surface area (Å²) in [5.41, 5.74) is 0.373. The molecule has 0 aliphatic rings. The summed E-state index contributed by atoms with van der Waals surface area (Å²) in [6.07, 6.45) is 43.4. The molecular formula is C41H80O4. The van der Waals surface area contributed by atoms with Gasteiger partial charge in [0.05, 0.1) is 18.8 Å². The molecule has 4 heteroatoms. The molecule has 0 aliphatic heterocycles. The molecule has 0 unspecified atom stereocenters. The lowest BCUT2D eigenvalue weighted by atomic mass is 10.0. The molecule has 0 aromatic heterocycles. The number of esters is 1. The number of hydrogen-bond acceptors (Lipinski definition) is 4. The molecule has 0 N–H and O–H groups in total. The zero-order valence-electron chi connectivity index (χ0n) is 30.8. The number of ether oxygens (including phenoxy) is 3. The van der Waals surface area contributed by atoms with E-state index in [1.807, 2.05) is 0 Å². The van der Waals surface area contributed by atoms with Gasteiger partial charge in [0, 0.05) is 6.61 Å². The average Bonchev–Trinajstić information content (AvgIpc) is 3.05. The number of rotatable bonds is 39. The standard InChI is InChI=1S/C41H80O4/c1-4-6-8-10-12-14-16-18-20-22-24-26-28-30-32-34-36-43-39-44-38-40(3)41(42)45-37-35-33-31-29-27-25-23-21-19-17-15-13-11-9-7-5-2/h3-39H2,1-2H3. The van der Waals surface area contributed by atoms with Crippen molar-refractivity contribution < 1.29 is 19.0 Å². The first kappa shape index (κ1) is 44.1. The van der Waals surface area contributed by atoms with Gasteiger partial charge >= 0.3 is 5.97 Å². The number of unbranched alkanes of at least 4 members (excludes halogenated alkanes) is 30. The summed E-state index contributed by atoms with van der Waals surface area (Å²) < 4.78 is 16.4. The van der Waals surface area contributed by atoms with Crippen molar-refractivity contribution in [3.63, 3.8) is 0 Å². The molecule has 0 bridgehead atoms. The Morgan fingerprint density at radius 2 is 0.689 bits per heavy atom. The van der Waals surface area contributed by atoms with E-state index in [0.29, 0.717) is 18.8 Å². The van der Waals surface area contributed by atoms with Crippen LogP contribution in [0, 0.1) is 0 Å². The van der Waals surface area contributed by atoms with Crippen LogP contribution in [0.1, 0.15) is 219 Å². The van der Waals surface area contributed by atoms with Crippen molar-refractivity contribution in [2.24, 2.45) is 0 Å². The van der Waals surface area contributed by atoms with Crippen LogP contribution in [-0.2, 0) is 19.0 Å². The Morgan fingerprint density at radius 3 is 1.02 bits per heavy atom. The fourth-order valence-electron chi connectivity index (χ4n) is 6.01. The first-order chi connectivity index (χ1) is 22.2. The van der Waals surface area contributed by atoms with E-state index < -0.39 is 0 Å². The second-order valence-corrected chi connectivity index (χ2v) is 13.7. The van der Waals surface area contributed by atoms with Gasteiger partial charge in [-0.25, -0.2) is 4.79 Å². The quantitative estimate of drug-likeness (QED) is 0.0291. The fourth-order valence-corrected chi connectivity index (χ4v) is 6.01. The second kappa shape index (κ2) is 39.3. The highest BCUT2D eigenvalue weighted by atomic mass is 16.7. The lowest BCUT2D eigenvalue weighted by Gasteiger charge is -2.09. The van der Waals surface area contributed by atoms with E-state index in [2.05, 4.69) is 20.4 Å². The highest BCUT2D eigenvalue weighted by molar-refractivity contribution is 5.87. The first-order valence-electron chi connectivity index (χ1n) is 20.2. The molecule has 0 aliphatic carbocycles. The van der Waals surface area contributed by atoms with Gasteiger partial charge in [0.2, 0.25) is 0 Å². The van der Waals surface area contributed by atoms with Crippen LogP contribution in [0.4, 0.5) is 0 Å². The zero-order valence-corrected chi connectivity index (χ0v) is 30.8. The molecule has 0 rings (SSSR count). The van der Waals surface area contributed by atoms with Gasteiger partial charge < -0.3 is 14.2 Å². The summed E-state index contributed by atoms with van der Waals surface area (Å²) in [6.45, 7) is 9.97. The molecule has 0 atom stereocenters. The maximum atomic E-state index is 12.1. The molecule has 0 aromatic carbocycles. The van der Waals surface area contributed by atoms with E-state index in [1.165, 1.54) is 186 Å². The van der Waals surface area contributed by atoms with Gasteiger partial charge in [-0.3, -0.25) is 0 Å². The van der Waals surface area contributed by atoms with Gasteiger partial charge in [-0.1, -0.05) is 213 Å². The van der Waals surface area contributed by atoms with Crippen LogP contribution in [0.15, 0.2) is 12.2 Å². The smallest absolute Gasteiger partial charge is 0.335 e. The molecule has 0 fully saturated rings. The average molecular weight is 637 g/mol. The maximum Gasteiger partial charge on any atom is 0.335 e. The van der Waals surface area contributed by atoms with Crippen LogP contribution in [0.25, 0.3) is 0 Å². The van der Waals surface area contributed by atoms with E-state index >= 15 is 0 Å². The van der Waals surface area contributed by atoms with E-state index in [1.54, 1.807) is 0 Å². The molecule has 0 saturated heterocycles. The van der Waals surface area contributed by atoms with Gasteiger partial charge in [-0.2, -0.15) is 0 Å². The largest absolute Gasteiger partial charge is 0.462 e. The van der Waals surface area contributed by atoms with Crippen molar-refractivity contribution in [3.05, 3.63) is 12.2 Å². The van der Waals surface area contributed by atoms with Gasteiger partial charge in [-0.05, 0) is 12.8 Å². The highest BCUT2D eigenvalue weighted by Gasteiger charge is 2.08. The summed E-state index contributed by atoms with van der Waals surface area (Å²) >= 11 is 0. The van der Waals surface area contributed by atoms with Crippen molar-refractivity contribution in [1.82, 2.24) is 0 Å². The third-order valence-electron chi connectivity index (χ3n) is 9.10. The summed E-state index contributed by atoms with van der Waals surface area (Å²) in [7, 11) is 0. The molecular weight excluding hydrogens is 556 g/mol. The SMILES string of the molecule is C=C(COCOCCCCCCCCCCCCCCCCCC)C(=O)OCCCCCCCCCCCCCCCCCC. The molecule has 0 saturated carbocycles. The fraction of sp³-hybridized carbons (Fsp3) is 0.927. The molecule has 0 spiro atoms. The lowest BCUT2D eigenvalue weighted by Crippen LogP contribution is -2.14. The number of carbonyl (C=O) groups excluding carboxylic acids is 1. The highest BCUT2D eigenvalue weighted by Crippen LogP contribution is 2.15. The van der Waals surface area contributed by atoms with Crippen molar-refractivity contribution in [2.45, 2.75) is 219 Å². The van der Waals surface area contributed by atoms with Crippen molar-refractivity contribution in [1.29, 1.82) is 0 Å². The minimum atomic E-state index is -0.339. The van der Waals surface area contributed by atoms with Gasteiger partial charge in [0.25, 0.3) is 0 Å². The Kier molecular flexibility index (Phi) is 38.5. The summed E-state index contributed by atoms with van der Waals surface area (Å²) in [5.74, 6) is -0.339. The Morgan fingerprint density at radius 1 is 0.400 bits per heavy atom. The van der Waals surface area contributed by atoms with Gasteiger partial charge in [0.1, 0.15) is 6.79 Å². The summed E-state index contributed by atoms with van der Waals surface area (Å²) in [5, 5.41) is 0. The van der Waals surface area contributed by atoms with E-state index in [-0.39, 0.29) is 19.4 Å². The molecule has 0 radical (unpaired) electrons. The summed E-state index contributed by atoms with van der Waals surface area (Å²) in [6, 6.07) is 0. The van der Waals surface area contributed by atoms with Crippen LogP contribution in [0.5, 0.6) is 0 Å². The Bertz CT molecular complexity index is 590. The van der Waals surface area contributed by atoms with Gasteiger partial charge in [-0.15, -0.1) is 0 Å². The van der Waals surface area contributed by atoms with Crippen molar-refractivity contribution >= 4 is 5.97 Å². The monoisotopic (exact) mass is 637 g/mol. The zero-order chi connectivity index (χ0) is 32.7. The molecule has 0 aromatic rings. The molecule has 45 heavy (non-hydrogen) atoms. The van der Waals surface area contributed by atoms with Crippen molar-refractivity contribution in [2.75, 3.05) is 26.6 Å². The van der Waals surface area contributed by atoms with E-state index in [0.717, 1.165) is 19.3 Å². The summed E-state index contributed by atoms with van der Waals surface area (Å²) in [4.78, 5) is 12.1. The van der Waals surface area contributed by atoms with Crippen LogP contribution < -0.4 is 0 Å². The van der Waals surface area contributed by atoms with Gasteiger partial charge in [0.15, 0.2) is 0 Å². The third kappa shape index (κ3) is 37.5. The van der Waals surface area contributed by atoms with Crippen molar-refractivity contribution in [3.8, 4) is 0 Å². The van der Waals surface area contributed by atoms with Crippen LogP contribution >= 0.6 is 0 Å². The number of carbonyl (C=O) groups is 1. The Labute approximate surface area is 282 Å². The van der Waals surface area contributed by atoms with E-state index in [9.17, 15) is 4.79 Å². The van der Waals surface area contributed by atoms with Crippen LogP contribution in [0.3, 0.4) is 0 Å². The molecule has 4 nitrogen and oxygen atoms in total. The predicted octanol–water partition coefficient (Wildman–Crippen LogP) is 13.6. The molecule has 0 amide bonds. The minimum absolute atomic E-state index is 0.177. The predicted molar refractivity (Wildman–Crippen MR) is 196 cm³/mol. The molecule has 268 valence electrons. The number of hydrogen-bond donors (Lipinski definition) is 0. The maximum absolute atomic E-state index is 12.1. The third-order valence-corrected chi connectivity index (χ3v) is 9.10.